The van der Waals surface area contributed by atoms with E-state index in [0.29, 0.717) is 16.1 Å². The maximum absolute atomic E-state index is 13.6. The van der Waals surface area contributed by atoms with E-state index in [1.807, 2.05) is 37.3 Å². The molecule has 1 saturated carbocycles. The summed E-state index contributed by atoms with van der Waals surface area (Å²) < 4.78 is 29.9. The number of sulfonamides is 1. The predicted molar refractivity (Wildman–Crippen MR) is 161 cm³/mol. The number of urea groups is 1. The molecule has 0 radical (unpaired) electrons. The normalized spacial score (nSPS) is 18.3. The molecular formula is C29H37N5O5S2. The van der Waals surface area contributed by atoms with Crippen molar-refractivity contribution < 1.29 is 23.1 Å². The molecule has 0 spiro atoms. The highest BCUT2D eigenvalue weighted by atomic mass is 32.2. The van der Waals surface area contributed by atoms with Crippen molar-refractivity contribution in [3.8, 4) is 10.4 Å². The van der Waals surface area contributed by atoms with Crippen LogP contribution in [0.15, 0.2) is 59.6 Å². The molecule has 3 amide bonds. The molecule has 1 aromatic heterocycles. The van der Waals surface area contributed by atoms with Crippen LogP contribution in [0.4, 0.5) is 15.3 Å². The number of thiazole rings is 1. The number of aromatic nitrogens is 1. The number of amides is 3. The Labute approximate surface area is 245 Å². The lowest BCUT2D eigenvalue weighted by Crippen LogP contribution is -2.40. The molecule has 1 aliphatic carbocycles. The maximum Gasteiger partial charge on any atom is 0.404 e. The van der Waals surface area contributed by atoms with Crippen LogP contribution in [0, 0.1) is 0 Å². The van der Waals surface area contributed by atoms with Gasteiger partial charge in [-0.25, -0.2) is 27.7 Å². The van der Waals surface area contributed by atoms with Gasteiger partial charge in [0.15, 0.2) is 0 Å². The third-order valence-electron chi connectivity index (χ3n) is 6.81. The van der Waals surface area contributed by atoms with Gasteiger partial charge in [-0.3, -0.25) is 0 Å². The van der Waals surface area contributed by atoms with Gasteiger partial charge in [-0.15, -0.1) is 11.3 Å². The first-order valence-corrected chi connectivity index (χ1v) is 15.9. The molecule has 2 aromatic carbocycles. The van der Waals surface area contributed by atoms with Crippen LogP contribution in [-0.2, 0) is 10.0 Å². The minimum Gasteiger partial charge on any atom is -0.465 e. The zero-order valence-corrected chi connectivity index (χ0v) is 25.2. The van der Waals surface area contributed by atoms with Gasteiger partial charge in [0, 0.05) is 34.9 Å². The highest BCUT2D eigenvalue weighted by Crippen LogP contribution is 2.40. The number of nitrogens with one attached hydrogen (secondary N) is 4. The number of rotatable bonds is 8. The van der Waals surface area contributed by atoms with Crippen LogP contribution in [0.2, 0.25) is 0 Å². The van der Waals surface area contributed by atoms with Gasteiger partial charge in [0.25, 0.3) is 0 Å². The quantitative estimate of drug-likeness (QED) is 0.212. The van der Waals surface area contributed by atoms with E-state index in [-0.39, 0.29) is 22.9 Å². The van der Waals surface area contributed by atoms with E-state index in [2.05, 4.69) is 25.7 Å². The van der Waals surface area contributed by atoms with Crippen molar-refractivity contribution in [2.75, 3.05) is 5.32 Å². The fraction of sp³-hybridized carbons (Fsp3) is 0.414. The van der Waals surface area contributed by atoms with Crippen molar-refractivity contribution in [3.05, 3.63) is 65.3 Å². The van der Waals surface area contributed by atoms with E-state index in [1.54, 1.807) is 39.1 Å². The molecule has 0 saturated heterocycles. The molecule has 0 bridgehead atoms. The number of carboxylic acid groups (broad SMARTS) is 1. The average Bonchev–Trinajstić information content (AvgIpc) is 3.38. The van der Waals surface area contributed by atoms with Gasteiger partial charge in [0.1, 0.15) is 0 Å². The van der Waals surface area contributed by atoms with Gasteiger partial charge in [-0.05, 0) is 71.1 Å². The Bertz CT molecular complexity index is 1480. The number of anilines is 1. The summed E-state index contributed by atoms with van der Waals surface area (Å²) in [6.45, 7) is 7.18. The predicted octanol–water partition coefficient (Wildman–Crippen LogP) is 6.06. The van der Waals surface area contributed by atoms with E-state index in [9.17, 15) is 18.0 Å². The topological polar surface area (TPSA) is 150 Å². The Morgan fingerprint density at radius 2 is 1.73 bits per heavy atom. The first-order valence-electron chi connectivity index (χ1n) is 13.6. The Balaban J connectivity index is 1.57. The van der Waals surface area contributed by atoms with E-state index in [4.69, 9.17) is 5.11 Å². The van der Waals surface area contributed by atoms with Crippen LogP contribution in [0.3, 0.4) is 0 Å². The Morgan fingerprint density at radius 1 is 1.05 bits per heavy atom. The van der Waals surface area contributed by atoms with Gasteiger partial charge in [-0.1, -0.05) is 36.4 Å². The van der Waals surface area contributed by atoms with E-state index in [1.165, 1.54) is 17.4 Å². The highest BCUT2D eigenvalue weighted by molar-refractivity contribution is 7.89. The van der Waals surface area contributed by atoms with E-state index >= 15 is 0 Å². The SMILES string of the molecule is C[C@H](NC(=O)Nc1ccc(-c2cnc(C3CCC(NC(=O)O)CC3)s2)c(S(=O)(=O)NC(C)(C)C)c1)c1ccccc1. The lowest BCUT2D eigenvalue weighted by molar-refractivity contribution is 0.185. The van der Waals surface area contributed by atoms with Crippen LogP contribution >= 0.6 is 11.3 Å². The van der Waals surface area contributed by atoms with Crippen LogP contribution in [0.1, 0.15) is 75.9 Å². The molecule has 0 aliphatic heterocycles. The first kappa shape index (κ1) is 30.5. The van der Waals surface area contributed by atoms with Crippen molar-refractivity contribution in [2.24, 2.45) is 0 Å². The largest absolute Gasteiger partial charge is 0.465 e. The van der Waals surface area contributed by atoms with Gasteiger partial charge in [-0.2, -0.15) is 0 Å². The third-order valence-corrected chi connectivity index (χ3v) is 9.80. The van der Waals surface area contributed by atoms with Gasteiger partial charge in [0.2, 0.25) is 10.0 Å². The van der Waals surface area contributed by atoms with Crippen LogP contribution in [0.5, 0.6) is 0 Å². The summed E-state index contributed by atoms with van der Waals surface area (Å²) >= 11 is 1.44. The van der Waals surface area contributed by atoms with Crippen molar-refractivity contribution >= 4 is 39.2 Å². The molecule has 0 unspecified atom stereocenters. The van der Waals surface area contributed by atoms with Crippen molar-refractivity contribution in [3.63, 3.8) is 0 Å². The monoisotopic (exact) mass is 599 g/mol. The average molecular weight is 600 g/mol. The highest BCUT2D eigenvalue weighted by Gasteiger charge is 2.29. The standard InChI is InChI=1S/C29H37N5O5S2/c1-18(19-8-6-5-7-9-19)31-27(35)32-22-14-15-23(25(16-22)41(38,39)34-29(2,3)4)24-17-30-26(40-24)20-10-12-21(13-11-20)33-28(36)37/h5-9,14-18,20-21,33-34H,10-13H2,1-4H3,(H,36,37)(H2,31,32,35)/t18-,20?,21?/m0/s1. The number of nitrogens with zero attached hydrogens (tertiary/aromatic N) is 1. The number of benzene rings is 2. The molecule has 1 heterocycles. The molecule has 41 heavy (non-hydrogen) atoms. The summed E-state index contributed by atoms with van der Waals surface area (Å²) in [5.41, 5.74) is 1.07. The van der Waals surface area contributed by atoms with Crippen LogP contribution < -0.4 is 20.7 Å². The maximum atomic E-state index is 13.6. The summed E-state index contributed by atoms with van der Waals surface area (Å²) in [6, 6.07) is 13.6. The summed E-state index contributed by atoms with van der Waals surface area (Å²) in [5, 5.41) is 18.1. The summed E-state index contributed by atoms with van der Waals surface area (Å²) in [7, 11) is -3.96. The molecule has 4 rings (SSSR count). The molecule has 1 aliphatic rings. The lowest BCUT2D eigenvalue weighted by Gasteiger charge is -2.27. The molecule has 1 atom stereocenters. The van der Waals surface area contributed by atoms with Crippen molar-refractivity contribution in [2.45, 2.75) is 81.8 Å². The lowest BCUT2D eigenvalue weighted by atomic mass is 9.86. The van der Waals surface area contributed by atoms with E-state index in [0.717, 1.165) is 36.3 Å². The smallest absolute Gasteiger partial charge is 0.404 e. The molecular weight excluding hydrogens is 562 g/mol. The Morgan fingerprint density at radius 3 is 2.37 bits per heavy atom. The minimum atomic E-state index is -3.96. The number of hydrogen-bond donors (Lipinski definition) is 5. The van der Waals surface area contributed by atoms with Gasteiger partial charge < -0.3 is 21.1 Å². The molecule has 10 nitrogen and oxygen atoms in total. The fourth-order valence-electron chi connectivity index (χ4n) is 4.93. The fourth-order valence-corrected chi connectivity index (χ4v) is 7.79. The second-order valence-corrected chi connectivity index (χ2v) is 14.1. The second-order valence-electron chi connectivity index (χ2n) is 11.4. The van der Waals surface area contributed by atoms with Gasteiger partial charge in [0.05, 0.1) is 20.8 Å². The van der Waals surface area contributed by atoms with Crippen LogP contribution in [-0.4, -0.2) is 42.2 Å². The first-order chi connectivity index (χ1) is 19.3. The number of hydrogen-bond acceptors (Lipinski definition) is 6. The van der Waals surface area contributed by atoms with Crippen molar-refractivity contribution in [1.29, 1.82) is 0 Å². The summed E-state index contributed by atoms with van der Waals surface area (Å²) in [6.07, 6.45) is 3.73. The second kappa shape index (κ2) is 12.6. The summed E-state index contributed by atoms with van der Waals surface area (Å²) in [4.78, 5) is 29.1. The van der Waals surface area contributed by atoms with E-state index < -0.39 is 27.7 Å². The minimum absolute atomic E-state index is 0.0471. The molecule has 5 N–H and O–H groups in total. The Kier molecular flexibility index (Phi) is 9.35. The molecule has 12 heteroatoms. The number of carbonyl (C=O) groups excluding carboxylic acids is 1. The summed E-state index contributed by atoms with van der Waals surface area (Å²) in [5.74, 6) is 0.185. The van der Waals surface area contributed by atoms with Crippen molar-refractivity contribution in [1.82, 2.24) is 20.3 Å². The Hall–Kier alpha value is -3.48. The van der Waals surface area contributed by atoms with Gasteiger partial charge >= 0.3 is 12.1 Å². The zero-order valence-electron chi connectivity index (χ0n) is 23.6. The number of carbonyl (C=O) groups is 2. The van der Waals surface area contributed by atoms with Crippen LogP contribution in [0.25, 0.3) is 10.4 Å². The molecule has 3 aromatic rings. The third kappa shape index (κ3) is 8.27. The zero-order chi connectivity index (χ0) is 29.8. The molecule has 220 valence electrons. The molecule has 1 fully saturated rings.